The highest BCUT2D eigenvalue weighted by Gasteiger charge is 2.21. The van der Waals surface area contributed by atoms with Gasteiger partial charge in [0.15, 0.2) is 5.13 Å². The number of piperazine rings is 1. The monoisotopic (exact) mass is 532 g/mol. The van der Waals surface area contributed by atoms with E-state index in [1.54, 1.807) is 18.3 Å². The number of nitrogens with zero attached hydrogens (tertiary/aromatic N) is 4. The highest BCUT2D eigenvalue weighted by Crippen LogP contribution is 2.26. The van der Waals surface area contributed by atoms with Gasteiger partial charge < -0.3 is 30.3 Å². The Hall–Kier alpha value is -4.06. The molecule has 38 heavy (non-hydrogen) atoms. The van der Waals surface area contributed by atoms with E-state index < -0.39 is 0 Å². The summed E-state index contributed by atoms with van der Waals surface area (Å²) < 4.78 is 5.80. The van der Waals surface area contributed by atoms with Crippen molar-refractivity contribution in [2.75, 3.05) is 54.9 Å². The lowest BCUT2D eigenvalue weighted by Crippen LogP contribution is -3.15. The number of hydrogen-bond donors (Lipinski definition) is 4. The fourth-order valence-corrected chi connectivity index (χ4v) is 4.93. The summed E-state index contributed by atoms with van der Waals surface area (Å²) in [7, 11) is 0. The number of thiazole rings is 1. The van der Waals surface area contributed by atoms with E-state index in [-0.39, 0.29) is 12.5 Å². The van der Waals surface area contributed by atoms with Crippen molar-refractivity contribution in [2.45, 2.75) is 6.92 Å². The Balaban J connectivity index is 1.18. The number of benzene rings is 2. The van der Waals surface area contributed by atoms with Crippen LogP contribution in [-0.4, -0.2) is 65.3 Å². The zero-order valence-electron chi connectivity index (χ0n) is 21.1. The SMILES string of the molecule is Cc1nc(Nc2ncc(C(=O)Nc3ccc(Oc4ccccc4)cc3)s2)cc(N2CC[NH+](CCO)CC2)n1. The second kappa shape index (κ2) is 12.0. The first-order valence-electron chi connectivity index (χ1n) is 12.5. The minimum atomic E-state index is -0.241. The molecule has 4 N–H and O–H groups in total. The van der Waals surface area contributed by atoms with E-state index in [1.807, 2.05) is 55.5 Å². The molecule has 1 saturated heterocycles. The zero-order valence-corrected chi connectivity index (χ0v) is 21.9. The van der Waals surface area contributed by atoms with Crippen molar-refractivity contribution in [2.24, 2.45) is 0 Å². The second-order valence-corrected chi connectivity index (χ2v) is 9.95. The molecule has 0 saturated carbocycles. The van der Waals surface area contributed by atoms with Gasteiger partial charge in [0.2, 0.25) is 0 Å². The molecule has 10 nitrogen and oxygen atoms in total. The van der Waals surface area contributed by atoms with Crippen LogP contribution in [0.5, 0.6) is 11.5 Å². The Labute approximate surface area is 225 Å². The Morgan fingerprint density at radius 3 is 2.55 bits per heavy atom. The quantitative estimate of drug-likeness (QED) is 0.260. The van der Waals surface area contributed by atoms with Gasteiger partial charge in [-0.2, -0.15) is 0 Å². The lowest BCUT2D eigenvalue weighted by molar-refractivity contribution is -0.900. The van der Waals surface area contributed by atoms with Gasteiger partial charge in [0, 0.05) is 11.8 Å². The third kappa shape index (κ3) is 6.62. The van der Waals surface area contributed by atoms with Crippen LogP contribution >= 0.6 is 11.3 Å². The predicted molar refractivity (Wildman–Crippen MR) is 148 cm³/mol. The average Bonchev–Trinajstić information content (AvgIpc) is 3.39. The number of hydrogen-bond acceptors (Lipinski definition) is 9. The van der Waals surface area contributed by atoms with Gasteiger partial charge in [-0.25, -0.2) is 15.0 Å². The average molecular weight is 533 g/mol. The molecule has 0 bridgehead atoms. The maximum atomic E-state index is 12.8. The summed E-state index contributed by atoms with van der Waals surface area (Å²) in [5.41, 5.74) is 0.662. The number of aromatic nitrogens is 3. The highest BCUT2D eigenvalue weighted by atomic mass is 32.1. The number of para-hydroxylation sites is 1. The maximum absolute atomic E-state index is 12.8. The number of amides is 1. The summed E-state index contributed by atoms with van der Waals surface area (Å²) in [5, 5.41) is 15.9. The van der Waals surface area contributed by atoms with E-state index in [4.69, 9.17) is 4.74 Å². The molecule has 1 amide bonds. The van der Waals surface area contributed by atoms with Crippen molar-refractivity contribution < 1.29 is 19.5 Å². The third-order valence-electron chi connectivity index (χ3n) is 6.14. The molecule has 2 aromatic heterocycles. The first-order valence-corrected chi connectivity index (χ1v) is 13.3. The van der Waals surface area contributed by atoms with E-state index >= 15 is 0 Å². The summed E-state index contributed by atoms with van der Waals surface area (Å²) in [6.07, 6.45) is 1.55. The fraction of sp³-hybridized carbons (Fsp3) is 0.259. The van der Waals surface area contributed by atoms with Crippen LogP contribution < -0.4 is 25.2 Å². The number of nitrogens with one attached hydrogen (secondary N) is 3. The third-order valence-corrected chi connectivity index (χ3v) is 7.05. The maximum Gasteiger partial charge on any atom is 0.267 e. The fourth-order valence-electron chi connectivity index (χ4n) is 4.21. The van der Waals surface area contributed by atoms with Crippen molar-refractivity contribution in [3.63, 3.8) is 0 Å². The van der Waals surface area contributed by atoms with Crippen LogP contribution in [0, 0.1) is 6.92 Å². The number of aliphatic hydroxyl groups excluding tert-OH is 1. The topological polar surface area (TPSA) is 117 Å². The second-order valence-electron chi connectivity index (χ2n) is 8.92. The van der Waals surface area contributed by atoms with Crippen molar-refractivity contribution in [1.29, 1.82) is 0 Å². The molecule has 0 radical (unpaired) electrons. The van der Waals surface area contributed by atoms with Crippen LogP contribution in [-0.2, 0) is 0 Å². The zero-order chi connectivity index (χ0) is 26.3. The van der Waals surface area contributed by atoms with Gasteiger partial charge >= 0.3 is 0 Å². The number of aliphatic hydroxyl groups is 1. The summed E-state index contributed by atoms with van der Waals surface area (Å²) >= 11 is 1.25. The Bertz CT molecular complexity index is 1360. The van der Waals surface area contributed by atoms with Crippen molar-refractivity contribution in [3.05, 3.63) is 77.6 Å². The standard InChI is InChI=1S/C27H29N7O3S/c1-19-29-24(17-25(30-19)34-13-11-33(12-14-34)15-16-35)32-27-28-18-23(38-27)26(36)31-20-7-9-22(10-8-20)37-21-5-3-2-4-6-21/h2-10,17-18,35H,11-16H2,1H3,(H,31,36)(H,28,29,30,32)/p+1. The number of ether oxygens (including phenoxy) is 1. The number of carbonyl (C=O) groups excluding carboxylic acids is 1. The van der Waals surface area contributed by atoms with E-state index in [9.17, 15) is 9.90 Å². The molecular weight excluding hydrogens is 502 g/mol. The van der Waals surface area contributed by atoms with E-state index in [0.29, 0.717) is 33.1 Å². The molecule has 0 aliphatic carbocycles. The summed E-state index contributed by atoms with van der Waals surface area (Å²) in [4.78, 5) is 30.4. The Morgan fingerprint density at radius 2 is 1.82 bits per heavy atom. The Morgan fingerprint density at radius 1 is 1.08 bits per heavy atom. The molecule has 5 rings (SSSR count). The van der Waals surface area contributed by atoms with Gasteiger partial charge in [-0.3, -0.25) is 4.79 Å². The molecule has 0 spiro atoms. The van der Waals surface area contributed by atoms with Crippen LogP contribution in [0.15, 0.2) is 66.9 Å². The molecule has 3 heterocycles. The number of anilines is 4. The van der Waals surface area contributed by atoms with Gasteiger partial charge in [-0.15, -0.1) is 0 Å². The molecule has 196 valence electrons. The Kier molecular flexibility index (Phi) is 8.07. The minimum Gasteiger partial charge on any atom is -0.457 e. The van der Waals surface area contributed by atoms with Gasteiger partial charge in [-0.05, 0) is 43.3 Å². The van der Waals surface area contributed by atoms with Gasteiger partial charge in [-0.1, -0.05) is 29.5 Å². The molecular formula is C27H30N7O3S+. The van der Waals surface area contributed by atoms with Crippen molar-refractivity contribution in [3.8, 4) is 11.5 Å². The van der Waals surface area contributed by atoms with E-state index in [0.717, 1.165) is 44.3 Å². The lowest BCUT2D eigenvalue weighted by Gasteiger charge is -2.32. The van der Waals surface area contributed by atoms with E-state index in [2.05, 4.69) is 30.5 Å². The largest absolute Gasteiger partial charge is 0.457 e. The minimum absolute atomic E-state index is 0.208. The van der Waals surface area contributed by atoms with Crippen LogP contribution in [0.2, 0.25) is 0 Å². The van der Waals surface area contributed by atoms with Crippen molar-refractivity contribution in [1.82, 2.24) is 15.0 Å². The molecule has 11 heteroatoms. The van der Waals surface area contributed by atoms with E-state index in [1.165, 1.54) is 16.2 Å². The number of quaternary nitrogens is 1. The molecule has 4 aromatic rings. The summed E-state index contributed by atoms with van der Waals surface area (Å²) in [6, 6.07) is 18.7. The van der Waals surface area contributed by atoms with Gasteiger partial charge in [0.1, 0.15) is 40.4 Å². The first kappa shape index (κ1) is 25.6. The highest BCUT2D eigenvalue weighted by molar-refractivity contribution is 7.17. The number of aryl methyl sites for hydroxylation is 1. The van der Waals surface area contributed by atoms with Crippen molar-refractivity contribution >= 4 is 39.7 Å². The van der Waals surface area contributed by atoms with Crippen LogP contribution in [0.1, 0.15) is 15.5 Å². The first-order chi connectivity index (χ1) is 18.6. The van der Waals surface area contributed by atoms with Crippen LogP contribution in [0.4, 0.5) is 22.5 Å². The molecule has 1 aliphatic rings. The van der Waals surface area contributed by atoms with Crippen LogP contribution in [0.3, 0.4) is 0 Å². The van der Waals surface area contributed by atoms with Gasteiger partial charge in [0.05, 0.1) is 39.0 Å². The molecule has 2 aromatic carbocycles. The summed E-state index contributed by atoms with van der Waals surface area (Å²) in [5.74, 6) is 3.34. The molecule has 1 fully saturated rings. The summed E-state index contributed by atoms with van der Waals surface area (Å²) in [6.45, 7) is 6.49. The molecule has 0 atom stereocenters. The van der Waals surface area contributed by atoms with Crippen LogP contribution in [0.25, 0.3) is 0 Å². The lowest BCUT2D eigenvalue weighted by atomic mass is 10.3. The molecule has 0 unspecified atom stereocenters. The van der Waals surface area contributed by atoms with Gasteiger partial charge in [0.25, 0.3) is 5.91 Å². The number of rotatable bonds is 9. The smallest absolute Gasteiger partial charge is 0.267 e. The predicted octanol–water partition coefficient (Wildman–Crippen LogP) is 2.73. The molecule has 1 aliphatic heterocycles. The number of carbonyl (C=O) groups is 1. The normalized spacial score (nSPS) is 13.8.